The predicted molar refractivity (Wildman–Crippen MR) is 51.5 cm³/mol. The lowest BCUT2D eigenvalue weighted by Gasteiger charge is -1.99. The molecule has 2 nitrogen and oxygen atoms in total. The Hall–Kier alpha value is -0.450. The molecular formula is C7H7IN2. The lowest BCUT2D eigenvalue weighted by atomic mass is 10.3. The Morgan fingerprint density at radius 1 is 1.60 bits per heavy atom. The number of imidazole rings is 1. The van der Waals surface area contributed by atoms with Crippen LogP contribution in [0, 0.1) is 6.92 Å². The van der Waals surface area contributed by atoms with Crippen LogP contribution in [-0.2, 0) is 0 Å². The van der Waals surface area contributed by atoms with Crippen molar-refractivity contribution in [1.82, 2.24) is 9.55 Å². The maximum absolute atomic E-state index is 4.20. The highest BCUT2D eigenvalue weighted by Gasteiger charge is 2.02. The van der Waals surface area contributed by atoms with Crippen LogP contribution in [0.25, 0.3) is 6.08 Å². The lowest BCUT2D eigenvalue weighted by Crippen LogP contribution is -1.95. The van der Waals surface area contributed by atoms with Crippen molar-refractivity contribution in [2.24, 2.45) is 0 Å². The summed E-state index contributed by atoms with van der Waals surface area (Å²) in [5.41, 5.74) is 2.36. The fraction of sp³-hybridized carbons (Fsp3) is 0.143. The lowest BCUT2D eigenvalue weighted by molar-refractivity contribution is 1.17. The molecule has 1 aliphatic heterocycles. The van der Waals surface area contributed by atoms with E-state index in [9.17, 15) is 0 Å². The van der Waals surface area contributed by atoms with Crippen LogP contribution >= 0.6 is 20.7 Å². The largest absolute Gasteiger partial charge is 0.301 e. The molecule has 52 valence electrons. The summed E-state index contributed by atoms with van der Waals surface area (Å²) in [6, 6.07) is 0. The van der Waals surface area contributed by atoms with Gasteiger partial charge in [-0.25, -0.2) is 4.98 Å². The third-order valence-electron chi connectivity index (χ3n) is 1.48. The van der Waals surface area contributed by atoms with Crippen LogP contribution in [0.15, 0.2) is 10.4 Å². The average molecular weight is 246 g/mol. The average Bonchev–Trinajstić information content (AvgIpc) is 2.34. The molecule has 0 aromatic carbocycles. The summed E-state index contributed by atoms with van der Waals surface area (Å²) < 4.78 is 6.60. The van der Waals surface area contributed by atoms with Gasteiger partial charge < -0.3 is 4.57 Å². The molecule has 1 aliphatic rings. The molecule has 0 atom stereocenters. The Bertz CT molecular complexity index is 309. The van der Waals surface area contributed by atoms with Gasteiger partial charge in [0, 0.05) is 4.14 Å². The topological polar surface area (TPSA) is 17.8 Å². The van der Waals surface area contributed by atoms with Gasteiger partial charge in [0.1, 0.15) is 0 Å². The number of fused-ring (bicyclic) bond motifs is 1. The van der Waals surface area contributed by atoms with Crippen molar-refractivity contribution in [2.75, 3.05) is 0 Å². The highest BCUT2D eigenvalue weighted by molar-refractivity contribution is 14.2. The van der Waals surface area contributed by atoms with Gasteiger partial charge in [0.25, 0.3) is 0 Å². The second-order valence-electron chi connectivity index (χ2n) is 2.14. The molecule has 2 heterocycles. The van der Waals surface area contributed by atoms with Gasteiger partial charge in [-0.2, -0.15) is 0 Å². The quantitative estimate of drug-likeness (QED) is 0.638. The molecule has 0 saturated carbocycles. The van der Waals surface area contributed by atoms with Crippen molar-refractivity contribution in [3.05, 3.63) is 21.8 Å². The van der Waals surface area contributed by atoms with Crippen LogP contribution < -0.4 is 0 Å². The summed E-state index contributed by atoms with van der Waals surface area (Å²) in [5.74, 6) is 0. The van der Waals surface area contributed by atoms with Crippen molar-refractivity contribution >= 4 is 30.9 Å². The van der Waals surface area contributed by atoms with Gasteiger partial charge in [0.2, 0.25) is 0 Å². The van der Waals surface area contributed by atoms with Crippen LogP contribution in [-0.4, -0.2) is 13.7 Å². The predicted octanol–water partition coefficient (Wildman–Crippen LogP) is 1.75. The minimum absolute atomic E-state index is 0.156. The highest BCUT2D eigenvalue weighted by atomic mass is 127. The third-order valence-corrected chi connectivity index (χ3v) is 3.18. The minimum Gasteiger partial charge on any atom is -0.301 e. The molecule has 1 aromatic heterocycles. The number of halogens is 1. The van der Waals surface area contributed by atoms with Crippen LogP contribution in [0.1, 0.15) is 11.4 Å². The van der Waals surface area contributed by atoms with Gasteiger partial charge in [-0.15, -0.1) is 0 Å². The van der Waals surface area contributed by atoms with E-state index >= 15 is 0 Å². The monoisotopic (exact) mass is 246 g/mol. The van der Waals surface area contributed by atoms with Gasteiger partial charge in [-0.3, -0.25) is 0 Å². The van der Waals surface area contributed by atoms with Crippen LogP contribution in [0.4, 0.5) is 0 Å². The van der Waals surface area contributed by atoms with E-state index in [0.29, 0.717) is 0 Å². The fourth-order valence-electron chi connectivity index (χ4n) is 0.938. The smallest absolute Gasteiger partial charge is 0.0999 e. The molecule has 0 amide bonds. The minimum atomic E-state index is 0.156. The Morgan fingerprint density at radius 2 is 2.50 bits per heavy atom. The molecule has 10 heavy (non-hydrogen) atoms. The highest BCUT2D eigenvalue weighted by Crippen LogP contribution is 2.15. The molecule has 0 bridgehead atoms. The van der Waals surface area contributed by atoms with E-state index < -0.39 is 0 Å². The Balaban J connectivity index is 2.69. The summed E-state index contributed by atoms with van der Waals surface area (Å²) >= 11 is 0.156. The molecule has 0 unspecified atom stereocenters. The number of aromatic nitrogens is 2. The van der Waals surface area contributed by atoms with E-state index in [0.717, 1.165) is 5.69 Å². The summed E-state index contributed by atoms with van der Waals surface area (Å²) in [4.78, 5) is 4.20. The first kappa shape index (κ1) is 6.27. The summed E-state index contributed by atoms with van der Waals surface area (Å²) in [6.07, 6.45) is 4.05. The van der Waals surface area contributed by atoms with Crippen molar-refractivity contribution in [3.63, 3.8) is 0 Å². The second-order valence-corrected chi connectivity index (χ2v) is 4.13. The first-order valence-electron chi connectivity index (χ1n) is 3.03. The Kier molecular flexibility index (Phi) is 1.44. The van der Waals surface area contributed by atoms with Gasteiger partial charge in [0.05, 0.1) is 17.7 Å². The molecule has 0 N–H and O–H groups in total. The zero-order chi connectivity index (χ0) is 6.97. The standard InChI is InChI=1S/C7H7IN2/c1-6-7-2-3-8-4-10(7)5-9-6/h2-5H,1H3. The van der Waals surface area contributed by atoms with E-state index in [-0.39, 0.29) is 20.7 Å². The molecule has 0 spiro atoms. The molecule has 1 aromatic rings. The first-order valence-corrected chi connectivity index (χ1v) is 5.52. The molecular weight excluding hydrogens is 239 g/mol. The molecule has 0 aliphatic carbocycles. The van der Waals surface area contributed by atoms with E-state index in [1.807, 2.05) is 13.3 Å². The first-order chi connectivity index (χ1) is 4.88. The van der Waals surface area contributed by atoms with Crippen molar-refractivity contribution in [3.8, 4) is 0 Å². The summed E-state index contributed by atoms with van der Waals surface area (Å²) in [7, 11) is 0. The van der Waals surface area contributed by atoms with E-state index in [1.165, 1.54) is 5.69 Å². The number of hydrogen-bond acceptors (Lipinski definition) is 1. The molecule has 0 saturated heterocycles. The SMILES string of the molecule is Cc1ncn2c1C=CI=C2. The van der Waals surface area contributed by atoms with Crippen molar-refractivity contribution in [2.45, 2.75) is 6.92 Å². The molecule has 0 radical (unpaired) electrons. The van der Waals surface area contributed by atoms with Gasteiger partial charge in [0.15, 0.2) is 0 Å². The van der Waals surface area contributed by atoms with Crippen LogP contribution in [0.5, 0.6) is 0 Å². The maximum atomic E-state index is 4.20. The second kappa shape index (κ2) is 2.30. The Labute approximate surface area is 69.3 Å². The van der Waals surface area contributed by atoms with Gasteiger partial charge in [-0.05, 0) is 17.1 Å². The van der Waals surface area contributed by atoms with Gasteiger partial charge in [-0.1, -0.05) is 20.7 Å². The molecule has 3 heteroatoms. The van der Waals surface area contributed by atoms with Crippen LogP contribution in [0.2, 0.25) is 0 Å². The van der Waals surface area contributed by atoms with Gasteiger partial charge >= 0.3 is 0 Å². The number of rotatable bonds is 0. The fourth-order valence-corrected chi connectivity index (χ4v) is 2.46. The number of aryl methyl sites for hydroxylation is 1. The summed E-state index contributed by atoms with van der Waals surface area (Å²) in [5, 5.41) is 0. The van der Waals surface area contributed by atoms with E-state index in [4.69, 9.17) is 0 Å². The Morgan fingerprint density at radius 3 is 3.30 bits per heavy atom. The third kappa shape index (κ3) is 0.847. The number of nitrogens with zero attached hydrogens (tertiary/aromatic N) is 2. The summed E-state index contributed by atoms with van der Waals surface area (Å²) in [6.45, 7) is 2.04. The molecule has 2 rings (SSSR count). The normalized spacial score (nSPS) is 14.5. The number of hydrogen-bond donors (Lipinski definition) is 0. The van der Waals surface area contributed by atoms with Crippen molar-refractivity contribution in [1.29, 1.82) is 0 Å². The van der Waals surface area contributed by atoms with Crippen LogP contribution in [0.3, 0.4) is 0 Å². The zero-order valence-electron chi connectivity index (χ0n) is 5.58. The van der Waals surface area contributed by atoms with E-state index in [2.05, 4.69) is 23.8 Å². The van der Waals surface area contributed by atoms with Crippen molar-refractivity contribution < 1.29 is 0 Å². The maximum Gasteiger partial charge on any atom is 0.0999 e. The molecule has 0 fully saturated rings. The van der Waals surface area contributed by atoms with E-state index in [1.54, 1.807) is 0 Å². The zero-order valence-corrected chi connectivity index (χ0v) is 7.74.